The van der Waals surface area contributed by atoms with Crippen LogP contribution in [0.15, 0.2) is 42.6 Å². The number of H-pyrrole nitrogens is 1. The predicted octanol–water partition coefficient (Wildman–Crippen LogP) is 4.12. The summed E-state index contributed by atoms with van der Waals surface area (Å²) in [6.45, 7) is 0. The smallest absolute Gasteiger partial charge is 0.255 e. The molecule has 4 nitrogen and oxygen atoms in total. The third kappa shape index (κ3) is 2.61. The molecule has 2 N–H and O–H groups in total. The van der Waals surface area contributed by atoms with Crippen LogP contribution in [0.2, 0.25) is 10.0 Å². The summed E-state index contributed by atoms with van der Waals surface area (Å²) in [6, 6.07) is 10.2. The fraction of sp³-hybridized carbons (Fsp3) is 0. The maximum Gasteiger partial charge on any atom is 0.255 e. The van der Waals surface area contributed by atoms with Crippen LogP contribution in [0.5, 0.6) is 0 Å². The van der Waals surface area contributed by atoms with E-state index in [0.717, 1.165) is 10.9 Å². The van der Waals surface area contributed by atoms with Crippen molar-refractivity contribution in [1.29, 1.82) is 0 Å². The topological polar surface area (TPSA) is 57.8 Å². The first kappa shape index (κ1) is 13.0. The van der Waals surface area contributed by atoms with Crippen LogP contribution in [0.3, 0.4) is 0 Å². The molecule has 1 amide bonds. The van der Waals surface area contributed by atoms with E-state index < -0.39 is 0 Å². The first-order chi connectivity index (χ1) is 9.61. The van der Waals surface area contributed by atoms with Crippen molar-refractivity contribution < 1.29 is 4.79 Å². The van der Waals surface area contributed by atoms with Gasteiger partial charge in [0, 0.05) is 26.7 Å². The largest absolute Gasteiger partial charge is 0.322 e. The number of anilines is 1. The van der Waals surface area contributed by atoms with Gasteiger partial charge in [-0.3, -0.25) is 9.89 Å². The Balaban J connectivity index is 1.87. The summed E-state index contributed by atoms with van der Waals surface area (Å²) in [5.74, 6) is -0.270. The highest BCUT2D eigenvalue weighted by molar-refractivity contribution is 6.35. The second-order valence-corrected chi connectivity index (χ2v) is 5.16. The van der Waals surface area contributed by atoms with E-state index in [-0.39, 0.29) is 5.91 Å². The summed E-state index contributed by atoms with van der Waals surface area (Å²) in [5.41, 5.74) is 1.93. The summed E-state index contributed by atoms with van der Waals surface area (Å²) in [4.78, 5) is 12.1. The molecule has 0 unspecified atom stereocenters. The minimum Gasteiger partial charge on any atom is -0.322 e. The third-order valence-electron chi connectivity index (χ3n) is 2.82. The molecule has 6 heteroatoms. The van der Waals surface area contributed by atoms with Crippen molar-refractivity contribution in [3.8, 4) is 0 Å². The minimum absolute atomic E-state index is 0.270. The van der Waals surface area contributed by atoms with Gasteiger partial charge in [-0.1, -0.05) is 23.2 Å². The van der Waals surface area contributed by atoms with Gasteiger partial charge < -0.3 is 5.32 Å². The van der Waals surface area contributed by atoms with Crippen molar-refractivity contribution >= 4 is 45.7 Å². The molecule has 0 saturated carbocycles. The molecule has 1 heterocycles. The van der Waals surface area contributed by atoms with Crippen LogP contribution in [-0.4, -0.2) is 16.1 Å². The fourth-order valence-electron chi connectivity index (χ4n) is 1.90. The van der Waals surface area contributed by atoms with Crippen molar-refractivity contribution in [2.24, 2.45) is 0 Å². The second-order valence-electron chi connectivity index (χ2n) is 4.28. The minimum atomic E-state index is -0.270. The number of nitrogens with one attached hydrogen (secondary N) is 2. The van der Waals surface area contributed by atoms with E-state index in [4.69, 9.17) is 23.2 Å². The van der Waals surface area contributed by atoms with Crippen molar-refractivity contribution in [2.45, 2.75) is 0 Å². The van der Waals surface area contributed by atoms with E-state index >= 15 is 0 Å². The lowest BCUT2D eigenvalue weighted by Crippen LogP contribution is -2.11. The molecule has 2 aromatic carbocycles. The first-order valence-electron chi connectivity index (χ1n) is 5.82. The van der Waals surface area contributed by atoms with Crippen LogP contribution in [0, 0.1) is 0 Å². The number of nitrogens with zero attached hydrogens (tertiary/aromatic N) is 1. The Labute approximate surface area is 124 Å². The Morgan fingerprint density at radius 2 is 1.85 bits per heavy atom. The Bertz CT molecular complexity index is 778. The quantitative estimate of drug-likeness (QED) is 0.748. The van der Waals surface area contributed by atoms with Crippen molar-refractivity contribution in [2.75, 3.05) is 5.32 Å². The average molecular weight is 306 g/mol. The number of hydrogen-bond donors (Lipinski definition) is 2. The number of aromatic amines is 1. The zero-order valence-corrected chi connectivity index (χ0v) is 11.7. The number of aromatic nitrogens is 2. The van der Waals surface area contributed by atoms with Crippen LogP contribution < -0.4 is 5.32 Å². The van der Waals surface area contributed by atoms with Crippen LogP contribution in [0.1, 0.15) is 10.4 Å². The number of benzene rings is 2. The molecular weight excluding hydrogens is 297 g/mol. The molecule has 0 atom stereocenters. The van der Waals surface area contributed by atoms with Gasteiger partial charge in [-0.15, -0.1) is 0 Å². The van der Waals surface area contributed by atoms with Gasteiger partial charge in [-0.2, -0.15) is 5.10 Å². The van der Waals surface area contributed by atoms with Gasteiger partial charge in [0.05, 0.1) is 11.7 Å². The van der Waals surface area contributed by atoms with E-state index in [9.17, 15) is 4.79 Å². The van der Waals surface area contributed by atoms with E-state index in [0.29, 0.717) is 21.3 Å². The lowest BCUT2D eigenvalue weighted by molar-refractivity contribution is 0.102. The molecule has 0 aliphatic heterocycles. The molecule has 0 saturated heterocycles. The number of hydrogen-bond acceptors (Lipinski definition) is 2. The highest BCUT2D eigenvalue weighted by Gasteiger charge is 2.09. The van der Waals surface area contributed by atoms with E-state index in [1.165, 1.54) is 0 Å². The van der Waals surface area contributed by atoms with Gasteiger partial charge in [0.15, 0.2) is 0 Å². The van der Waals surface area contributed by atoms with Gasteiger partial charge in [0.2, 0.25) is 0 Å². The summed E-state index contributed by atoms with van der Waals surface area (Å²) in [6.07, 6.45) is 1.72. The summed E-state index contributed by atoms with van der Waals surface area (Å²) in [5, 5.41) is 11.4. The maximum atomic E-state index is 12.1. The highest BCUT2D eigenvalue weighted by atomic mass is 35.5. The molecular formula is C14H9Cl2N3O. The lowest BCUT2D eigenvalue weighted by Gasteiger charge is -2.06. The van der Waals surface area contributed by atoms with Gasteiger partial charge in [-0.25, -0.2) is 0 Å². The number of amides is 1. The Morgan fingerprint density at radius 1 is 1.10 bits per heavy atom. The van der Waals surface area contributed by atoms with Gasteiger partial charge in [0.25, 0.3) is 5.91 Å². The summed E-state index contributed by atoms with van der Waals surface area (Å²) >= 11 is 11.8. The van der Waals surface area contributed by atoms with Crippen molar-refractivity contribution in [3.05, 3.63) is 58.2 Å². The molecule has 20 heavy (non-hydrogen) atoms. The average Bonchev–Trinajstić information content (AvgIpc) is 2.85. The Morgan fingerprint density at radius 3 is 2.60 bits per heavy atom. The predicted molar refractivity (Wildman–Crippen MR) is 80.5 cm³/mol. The fourth-order valence-corrected chi connectivity index (χ4v) is 2.43. The van der Waals surface area contributed by atoms with E-state index in [1.54, 1.807) is 24.4 Å². The Hall–Kier alpha value is -2.04. The molecule has 0 aliphatic carbocycles. The van der Waals surface area contributed by atoms with E-state index in [1.807, 2.05) is 18.2 Å². The number of fused-ring (bicyclic) bond motifs is 1. The molecule has 0 fully saturated rings. The monoisotopic (exact) mass is 305 g/mol. The van der Waals surface area contributed by atoms with Gasteiger partial charge >= 0.3 is 0 Å². The van der Waals surface area contributed by atoms with E-state index in [2.05, 4.69) is 15.5 Å². The summed E-state index contributed by atoms with van der Waals surface area (Å²) < 4.78 is 0. The molecule has 3 rings (SSSR count). The van der Waals surface area contributed by atoms with Crippen LogP contribution >= 0.6 is 23.2 Å². The molecule has 0 radical (unpaired) electrons. The van der Waals surface area contributed by atoms with Crippen LogP contribution in [0.25, 0.3) is 10.9 Å². The first-order valence-corrected chi connectivity index (χ1v) is 6.58. The molecule has 0 bridgehead atoms. The molecule has 0 aliphatic rings. The van der Waals surface area contributed by atoms with Crippen molar-refractivity contribution in [1.82, 2.24) is 10.2 Å². The van der Waals surface area contributed by atoms with Crippen molar-refractivity contribution in [3.63, 3.8) is 0 Å². The van der Waals surface area contributed by atoms with Crippen LogP contribution in [0.4, 0.5) is 5.69 Å². The molecule has 100 valence electrons. The molecule has 0 spiro atoms. The highest BCUT2D eigenvalue weighted by Crippen LogP contribution is 2.21. The molecule has 3 aromatic rings. The van der Waals surface area contributed by atoms with Crippen LogP contribution in [-0.2, 0) is 0 Å². The second kappa shape index (κ2) is 5.15. The third-order valence-corrected chi connectivity index (χ3v) is 3.26. The number of halogens is 2. The maximum absolute atomic E-state index is 12.1. The van der Waals surface area contributed by atoms with Gasteiger partial charge in [-0.05, 0) is 36.4 Å². The zero-order valence-electron chi connectivity index (χ0n) is 10.2. The standard InChI is InChI=1S/C14H9Cl2N3O/c15-10-3-9(4-11(16)5-10)14(20)18-12-2-1-8-7-17-19-13(8)6-12/h1-7H,(H,17,19)(H,18,20). The van der Waals surface area contributed by atoms with Gasteiger partial charge in [0.1, 0.15) is 0 Å². The number of carbonyl (C=O) groups is 1. The number of rotatable bonds is 2. The zero-order chi connectivity index (χ0) is 14.1. The SMILES string of the molecule is O=C(Nc1ccc2cn[nH]c2c1)c1cc(Cl)cc(Cl)c1. The summed E-state index contributed by atoms with van der Waals surface area (Å²) in [7, 11) is 0. The Kier molecular flexibility index (Phi) is 3.34. The lowest BCUT2D eigenvalue weighted by atomic mass is 10.2. The normalized spacial score (nSPS) is 10.7. The molecule has 1 aromatic heterocycles. The number of carbonyl (C=O) groups excluding carboxylic acids is 1.